The van der Waals surface area contributed by atoms with Crippen molar-refractivity contribution in [2.24, 2.45) is 5.92 Å². The molecule has 4 heteroatoms. The average molecular weight is 301 g/mol. The summed E-state index contributed by atoms with van der Waals surface area (Å²) in [6, 6.07) is 0. The van der Waals surface area contributed by atoms with Crippen LogP contribution in [0.2, 0.25) is 0 Å². The second kappa shape index (κ2) is 8.20. The summed E-state index contributed by atoms with van der Waals surface area (Å²) in [4.78, 5) is 0. The fourth-order valence-corrected chi connectivity index (χ4v) is 3.32. The van der Waals surface area contributed by atoms with Crippen molar-refractivity contribution in [3.05, 3.63) is 21.1 Å². The first-order valence-corrected chi connectivity index (χ1v) is 5.76. The zero-order valence-electron chi connectivity index (χ0n) is 8.82. The van der Waals surface area contributed by atoms with Gasteiger partial charge in [-0.2, -0.15) is 0 Å². The average Bonchev–Trinajstić information content (AvgIpc) is 2.40. The van der Waals surface area contributed by atoms with Crippen molar-refractivity contribution in [2.45, 2.75) is 39.0 Å². The topological polar surface area (TPSA) is 0 Å². The Balaban J connectivity index is 0. The molecule has 0 aromatic heterocycles. The van der Waals surface area contributed by atoms with Crippen LogP contribution in [-0.4, -0.2) is 0 Å². The van der Waals surface area contributed by atoms with Crippen LogP contribution in [0.4, 0.5) is 0 Å². The third-order valence-electron chi connectivity index (χ3n) is 3.09. The monoisotopic (exact) mass is 300 g/mol. The molecular weight excluding hydrogens is 286 g/mol. The van der Waals surface area contributed by atoms with Gasteiger partial charge in [-0.05, 0) is 0 Å². The first kappa shape index (κ1) is 18.4. The SMILES string of the molecule is CCC1[C]([Ti+3])=CC2=C1CCCC2.[Cl-].[Cl-].[Cl-]. The summed E-state index contributed by atoms with van der Waals surface area (Å²) in [7, 11) is 0. The van der Waals surface area contributed by atoms with E-state index in [1.54, 1.807) is 15.0 Å². The van der Waals surface area contributed by atoms with Crippen LogP contribution >= 0.6 is 0 Å². The summed E-state index contributed by atoms with van der Waals surface area (Å²) >= 11 is 2.30. The molecule has 0 radical (unpaired) electrons. The Morgan fingerprint density at radius 3 is 2.40 bits per heavy atom. The van der Waals surface area contributed by atoms with E-state index in [-0.39, 0.29) is 37.2 Å². The summed E-state index contributed by atoms with van der Waals surface area (Å²) in [5.41, 5.74) is 3.46. The number of hydrogen-bond donors (Lipinski definition) is 0. The standard InChI is InChI=1S/C11H15.3ClH.Ti/c1-2-9-7-8-10-5-3-4-6-11(9)10;;;;/h8-9H,2-6H2,1H3;3*1H;/q;;;;+3/p-3. The minimum Gasteiger partial charge on any atom is -1.00 e. The molecule has 1 atom stereocenters. The Hall–Kier alpha value is 1.06. The summed E-state index contributed by atoms with van der Waals surface area (Å²) < 4.78 is 1.62. The third-order valence-corrected chi connectivity index (χ3v) is 3.86. The maximum atomic E-state index is 2.45. The molecule has 0 aromatic carbocycles. The largest absolute Gasteiger partial charge is 1.00 e. The number of halogens is 3. The molecule has 0 fully saturated rings. The molecule has 0 N–H and O–H groups in total. The van der Waals surface area contributed by atoms with Gasteiger partial charge in [0.1, 0.15) is 0 Å². The van der Waals surface area contributed by atoms with E-state index < -0.39 is 0 Å². The number of rotatable bonds is 1. The number of hydrogen-bond acceptors (Lipinski definition) is 0. The van der Waals surface area contributed by atoms with E-state index in [0.717, 1.165) is 5.92 Å². The quantitative estimate of drug-likeness (QED) is 0.424. The fraction of sp³-hybridized carbons (Fsp3) is 0.636. The Bertz CT molecular complexity index is 259. The van der Waals surface area contributed by atoms with Crippen molar-refractivity contribution in [3.8, 4) is 0 Å². The van der Waals surface area contributed by atoms with Gasteiger partial charge in [0.25, 0.3) is 0 Å². The molecule has 1 unspecified atom stereocenters. The van der Waals surface area contributed by atoms with Crippen molar-refractivity contribution in [1.82, 2.24) is 0 Å². The third kappa shape index (κ3) is 3.78. The molecule has 0 aliphatic heterocycles. The molecule has 2 aliphatic carbocycles. The van der Waals surface area contributed by atoms with E-state index in [1.807, 2.05) is 0 Å². The molecule has 0 saturated carbocycles. The van der Waals surface area contributed by atoms with Crippen LogP contribution in [0.3, 0.4) is 0 Å². The van der Waals surface area contributed by atoms with Gasteiger partial charge in [0.2, 0.25) is 0 Å². The molecule has 0 bridgehead atoms. The first-order chi connectivity index (χ1) is 5.83. The molecule has 2 rings (SSSR count). The summed E-state index contributed by atoms with van der Waals surface area (Å²) in [6.45, 7) is 2.31. The fourth-order valence-electron chi connectivity index (χ4n) is 2.46. The second-order valence-corrected chi connectivity index (χ2v) is 4.72. The summed E-state index contributed by atoms with van der Waals surface area (Å²) in [5.74, 6) is 0.820. The Labute approximate surface area is 123 Å². The normalized spacial score (nSPS) is 23.1. The van der Waals surface area contributed by atoms with Crippen molar-refractivity contribution >= 4 is 0 Å². The van der Waals surface area contributed by atoms with Crippen molar-refractivity contribution in [1.29, 1.82) is 0 Å². The Morgan fingerprint density at radius 2 is 1.80 bits per heavy atom. The molecule has 84 valence electrons. The van der Waals surface area contributed by atoms with Gasteiger partial charge in [0, 0.05) is 0 Å². The molecule has 0 heterocycles. The zero-order chi connectivity index (χ0) is 8.55. The van der Waals surface area contributed by atoms with Crippen LogP contribution in [0, 0.1) is 5.92 Å². The first-order valence-electron chi connectivity index (χ1n) is 4.98. The Kier molecular flexibility index (Phi) is 10.1. The molecule has 0 amide bonds. The molecule has 15 heavy (non-hydrogen) atoms. The maximum Gasteiger partial charge on any atom is -1.00 e. The van der Waals surface area contributed by atoms with Gasteiger partial charge in [0.15, 0.2) is 0 Å². The van der Waals surface area contributed by atoms with Gasteiger partial charge >= 0.3 is 86.5 Å². The van der Waals surface area contributed by atoms with Crippen LogP contribution in [0.1, 0.15) is 39.0 Å². The van der Waals surface area contributed by atoms with Crippen molar-refractivity contribution < 1.29 is 57.7 Å². The predicted molar refractivity (Wildman–Crippen MR) is 47.4 cm³/mol. The molecule has 0 aromatic rings. The van der Waals surface area contributed by atoms with Gasteiger partial charge in [-0.15, -0.1) is 0 Å². The summed E-state index contributed by atoms with van der Waals surface area (Å²) in [6.07, 6.45) is 9.32. The van der Waals surface area contributed by atoms with Crippen molar-refractivity contribution in [2.75, 3.05) is 0 Å². The van der Waals surface area contributed by atoms with Crippen LogP contribution in [0.15, 0.2) is 21.1 Å². The molecule has 2 aliphatic rings. The minimum atomic E-state index is 0. The van der Waals surface area contributed by atoms with Crippen molar-refractivity contribution in [3.63, 3.8) is 0 Å². The van der Waals surface area contributed by atoms with Crippen LogP contribution in [0.25, 0.3) is 0 Å². The van der Waals surface area contributed by atoms with Gasteiger partial charge < -0.3 is 37.2 Å². The van der Waals surface area contributed by atoms with Crippen LogP contribution < -0.4 is 37.2 Å². The van der Waals surface area contributed by atoms with E-state index >= 15 is 0 Å². The van der Waals surface area contributed by atoms with Gasteiger partial charge in [-0.25, -0.2) is 0 Å². The predicted octanol–water partition coefficient (Wildman–Crippen LogP) is -5.66. The molecular formula is C11H15Cl3Ti. The smallest absolute Gasteiger partial charge is 1.00 e. The van der Waals surface area contributed by atoms with E-state index in [2.05, 4.69) is 33.4 Å². The van der Waals surface area contributed by atoms with Gasteiger partial charge in [-0.1, -0.05) is 0 Å². The van der Waals surface area contributed by atoms with Gasteiger partial charge in [0.05, 0.1) is 0 Å². The Morgan fingerprint density at radius 1 is 1.20 bits per heavy atom. The van der Waals surface area contributed by atoms with E-state index in [1.165, 1.54) is 32.1 Å². The maximum absolute atomic E-state index is 2.45. The van der Waals surface area contributed by atoms with E-state index in [0.29, 0.717) is 0 Å². The van der Waals surface area contributed by atoms with E-state index in [4.69, 9.17) is 0 Å². The van der Waals surface area contributed by atoms with E-state index in [9.17, 15) is 0 Å². The van der Waals surface area contributed by atoms with Crippen LogP contribution in [-0.2, 0) is 20.4 Å². The molecule has 0 nitrogen and oxygen atoms in total. The number of allylic oxidation sites excluding steroid dienone is 4. The zero-order valence-corrected chi connectivity index (χ0v) is 12.7. The van der Waals surface area contributed by atoms with Gasteiger partial charge in [-0.3, -0.25) is 0 Å². The second-order valence-electron chi connectivity index (χ2n) is 3.82. The molecule has 0 spiro atoms. The van der Waals surface area contributed by atoms with Crippen LogP contribution in [0.5, 0.6) is 0 Å². The minimum absolute atomic E-state index is 0. The molecule has 0 saturated heterocycles. The summed E-state index contributed by atoms with van der Waals surface area (Å²) in [5, 5.41) is 0.